The van der Waals surface area contributed by atoms with Crippen LogP contribution in [0.2, 0.25) is 0 Å². The molecular formula is C20H15FN2O3S. The summed E-state index contributed by atoms with van der Waals surface area (Å²) in [6, 6.07) is 18.7. The van der Waals surface area contributed by atoms with Gasteiger partial charge in [-0.1, -0.05) is 30.3 Å². The highest BCUT2D eigenvalue weighted by Crippen LogP contribution is 2.43. The van der Waals surface area contributed by atoms with Crippen molar-refractivity contribution in [1.29, 1.82) is 0 Å². The molecule has 0 saturated carbocycles. The monoisotopic (exact) mass is 382 g/mol. The van der Waals surface area contributed by atoms with Crippen LogP contribution in [0.1, 0.15) is 0 Å². The van der Waals surface area contributed by atoms with Gasteiger partial charge in [0.05, 0.1) is 21.2 Å². The minimum atomic E-state index is -3.66. The number of amides is 1. The summed E-state index contributed by atoms with van der Waals surface area (Å²) in [5.41, 5.74) is 1.21. The molecule has 0 unspecified atom stereocenters. The van der Waals surface area contributed by atoms with Crippen LogP contribution in [0, 0.1) is 5.82 Å². The van der Waals surface area contributed by atoms with Crippen LogP contribution in [-0.4, -0.2) is 20.9 Å². The van der Waals surface area contributed by atoms with Gasteiger partial charge in [0.1, 0.15) is 12.4 Å². The first-order valence-corrected chi connectivity index (χ1v) is 9.71. The minimum absolute atomic E-state index is 0.111. The van der Waals surface area contributed by atoms with Crippen molar-refractivity contribution in [2.45, 2.75) is 9.79 Å². The molecule has 7 heteroatoms. The number of benzene rings is 3. The summed E-state index contributed by atoms with van der Waals surface area (Å²) in [5, 5.41) is 2.64. The van der Waals surface area contributed by atoms with Crippen LogP contribution in [0.15, 0.2) is 82.6 Å². The highest BCUT2D eigenvalue weighted by molar-refractivity contribution is 7.92. The number of anilines is 3. The number of halogens is 1. The Morgan fingerprint density at radius 1 is 0.889 bits per heavy atom. The number of sulfone groups is 1. The summed E-state index contributed by atoms with van der Waals surface area (Å²) in [5.74, 6) is -0.836. The largest absolute Gasteiger partial charge is 0.330 e. The van der Waals surface area contributed by atoms with Gasteiger partial charge in [-0.2, -0.15) is 0 Å². The number of nitrogens with zero attached hydrogens (tertiary/aromatic N) is 1. The lowest BCUT2D eigenvalue weighted by atomic mass is 10.2. The van der Waals surface area contributed by atoms with Crippen LogP contribution in [0.4, 0.5) is 21.5 Å². The third kappa shape index (κ3) is 3.06. The van der Waals surface area contributed by atoms with Gasteiger partial charge in [-0.3, -0.25) is 4.79 Å². The Labute approximate surface area is 156 Å². The highest BCUT2D eigenvalue weighted by Gasteiger charge is 2.34. The number of rotatable bonds is 3. The summed E-state index contributed by atoms with van der Waals surface area (Å²) in [6.07, 6.45) is 0. The highest BCUT2D eigenvalue weighted by atomic mass is 32.2. The van der Waals surface area contributed by atoms with E-state index in [2.05, 4.69) is 5.32 Å². The van der Waals surface area contributed by atoms with Gasteiger partial charge in [0, 0.05) is 5.69 Å². The first-order chi connectivity index (χ1) is 13.0. The van der Waals surface area contributed by atoms with Gasteiger partial charge in [-0.15, -0.1) is 0 Å². The molecule has 3 aromatic carbocycles. The molecule has 136 valence electrons. The van der Waals surface area contributed by atoms with Crippen molar-refractivity contribution in [1.82, 2.24) is 0 Å². The van der Waals surface area contributed by atoms with Crippen LogP contribution in [0.3, 0.4) is 0 Å². The second-order valence-electron chi connectivity index (χ2n) is 6.08. The zero-order valence-corrected chi connectivity index (χ0v) is 14.9. The number of hydrogen-bond donors (Lipinski definition) is 1. The molecule has 0 spiro atoms. The molecule has 0 aliphatic carbocycles. The zero-order valence-electron chi connectivity index (χ0n) is 14.1. The van der Waals surface area contributed by atoms with Crippen molar-refractivity contribution in [2.24, 2.45) is 0 Å². The third-order valence-corrected chi connectivity index (χ3v) is 6.15. The molecule has 5 nitrogen and oxygen atoms in total. The minimum Gasteiger partial charge on any atom is -0.330 e. The van der Waals surface area contributed by atoms with E-state index in [1.807, 2.05) is 0 Å². The predicted octanol–water partition coefficient (Wildman–Crippen LogP) is 3.75. The van der Waals surface area contributed by atoms with E-state index in [1.54, 1.807) is 47.4 Å². The summed E-state index contributed by atoms with van der Waals surface area (Å²) < 4.78 is 39.1. The average molecular weight is 382 g/mol. The van der Waals surface area contributed by atoms with E-state index < -0.39 is 15.7 Å². The molecule has 0 saturated heterocycles. The van der Waals surface area contributed by atoms with Gasteiger partial charge in [0.2, 0.25) is 15.7 Å². The predicted molar refractivity (Wildman–Crippen MR) is 100 cm³/mol. The molecular weight excluding hydrogens is 367 g/mol. The average Bonchev–Trinajstić information content (AvgIpc) is 2.65. The molecule has 1 amide bonds. The fourth-order valence-corrected chi connectivity index (χ4v) is 4.80. The molecule has 0 atom stereocenters. The normalized spacial score (nSPS) is 14.2. The van der Waals surface area contributed by atoms with E-state index in [1.165, 1.54) is 30.3 Å². The van der Waals surface area contributed by atoms with Crippen LogP contribution < -0.4 is 10.2 Å². The van der Waals surface area contributed by atoms with Gasteiger partial charge in [0.15, 0.2) is 0 Å². The first-order valence-electron chi connectivity index (χ1n) is 8.23. The van der Waals surface area contributed by atoms with Crippen LogP contribution in [0.5, 0.6) is 0 Å². The Balaban J connectivity index is 1.72. The van der Waals surface area contributed by atoms with Gasteiger partial charge >= 0.3 is 0 Å². The smallest absolute Gasteiger partial charge is 0.244 e. The number of para-hydroxylation sites is 2. The van der Waals surface area contributed by atoms with Gasteiger partial charge < -0.3 is 10.2 Å². The lowest BCUT2D eigenvalue weighted by Crippen LogP contribution is -2.33. The molecule has 3 aromatic rings. The summed E-state index contributed by atoms with van der Waals surface area (Å²) >= 11 is 0. The quantitative estimate of drug-likeness (QED) is 0.749. The summed E-state index contributed by atoms with van der Waals surface area (Å²) in [7, 11) is -3.66. The Hall–Kier alpha value is -3.19. The second kappa shape index (κ2) is 6.51. The van der Waals surface area contributed by atoms with Crippen molar-refractivity contribution in [3.05, 3.63) is 78.6 Å². The topological polar surface area (TPSA) is 66.5 Å². The van der Waals surface area contributed by atoms with Crippen LogP contribution in [0.25, 0.3) is 0 Å². The Bertz CT molecular complexity index is 1090. The fourth-order valence-electron chi connectivity index (χ4n) is 3.14. The molecule has 1 aliphatic heterocycles. The molecule has 27 heavy (non-hydrogen) atoms. The third-order valence-electron chi connectivity index (χ3n) is 4.30. The van der Waals surface area contributed by atoms with E-state index in [0.717, 1.165) is 0 Å². The zero-order chi connectivity index (χ0) is 19.0. The Morgan fingerprint density at radius 2 is 1.48 bits per heavy atom. The van der Waals surface area contributed by atoms with Gasteiger partial charge in [-0.25, -0.2) is 12.8 Å². The standard InChI is InChI=1S/C20H15FN2O3S/c21-14-6-5-7-15(12-14)22-20(24)13-23-16-8-1-3-10-18(16)27(25,26)19-11-4-2-9-17(19)23/h1-12H,13H2,(H,22,24). The summed E-state index contributed by atoms with van der Waals surface area (Å²) in [6.45, 7) is -0.111. The number of fused-ring (bicyclic) bond motifs is 2. The molecule has 0 aromatic heterocycles. The van der Waals surface area contributed by atoms with E-state index in [0.29, 0.717) is 17.1 Å². The second-order valence-corrected chi connectivity index (χ2v) is 7.97. The molecule has 1 heterocycles. The van der Waals surface area contributed by atoms with Crippen molar-refractivity contribution in [3.8, 4) is 0 Å². The number of nitrogens with one attached hydrogen (secondary N) is 1. The fraction of sp³-hybridized carbons (Fsp3) is 0.0500. The molecule has 0 radical (unpaired) electrons. The molecule has 0 fully saturated rings. The molecule has 1 N–H and O–H groups in total. The maximum absolute atomic E-state index is 13.3. The van der Waals surface area contributed by atoms with Gasteiger partial charge in [0.25, 0.3) is 0 Å². The van der Waals surface area contributed by atoms with E-state index in [-0.39, 0.29) is 22.2 Å². The lowest BCUT2D eigenvalue weighted by Gasteiger charge is -2.32. The van der Waals surface area contributed by atoms with Crippen LogP contribution in [-0.2, 0) is 14.6 Å². The van der Waals surface area contributed by atoms with E-state index in [9.17, 15) is 17.6 Å². The van der Waals surface area contributed by atoms with E-state index >= 15 is 0 Å². The molecule has 4 rings (SSSR count). The van der Waals surface area contributed by atoms with Crippen molar-refractivity contribution < 1.29 is 17.6 Å². The maximum Gasteiger partial charge on any atom is 0.244 e. The van der Waals surface area contributed by atoms with Crippen molar-refractivity contribution in [3.63, 3.8) is 0 Å². The number of hydrogen-bond acceptors (Lipinski definition) is 4. The Morgan fingerprint density at radius 3 is 2.07 bits per heavy atom. The summed E-state index contributed by atoms with van der Waals surface area (Å²) in [4.78, 5) is 14.5. The molecule has 1 aliphatic rings. The van der Waals surface area contributed by atoms with E-state index in [4.69, 9.17) is 0 Å². The van der Waals surface area contributed by atoms with Crippen molar-refractivity contribution in [2.75, 3.05) is 16.8 Å². The Kier molecular flexibility index (Phi) is 4.16. The maximum atomic E-state index is 13.3. The molecule has 0 bridgehead atoms. The SMILES string of the molecule is O=C(CN1c2ccccc2S(=O)(=O)c2ccccc21)Nc1cccc(F)c1. The van der Waals surface area contributed by atoms with Gasteiger partial charge in [-0.05, 0) is 42.5 Å². The lowest BCUT2D eigenvalue weighted by molar-refractivity contribution is -0.114. The van der Waals surface area contributed by atoms with Crippen molar-refractivity contribution >= 4 is 32.8 Å². The number of carbonyl (C=O) groups is 1. The van der Waals surface area contributed by atoms with Crippen LogP contribution >= 0.6 is 0 Å². The number of carbonyl (C=O) groups excluding carboxylic acids is 1. The first kappa shape index (κ1) is 17.2.